The van der Waals surface area contributed by atoms with Gasteiger partial charge in [-0.15, -0.1) is 0 Å². The zero-order chi connectivity index (χ0) is 4.28. The number of nitrogens with two attached hydrogens (primary N) is 1. The molecule has 0 bridgehead atoms. The molecule has 1 radical (unpaired) electrons. The van der Waals surface area contributed by atoms with Crippen LogP contribution >= 0.6 is 19.4 Å². The van der Waals surface area contributed by atoms with Crippen LogP contribution in [-0.2, 0) is 22.4 Å². The molecule has 1 atom stereocenters. The van der Waals surface area contributed by atoms with Gasteiger partial charge in [0, 0.05) is 27.2 Å². The Labute approximate surface area is 57.5 Å². The van der Waals surface area contributed by atoms with Crippen molar-refractivity contribution in [2.75, 3.05) is 0 Å². The van der Waals surface area contributed by atoms with Gasteiger partial charge in [-0.3, -0.25) is 0 Å². The second-order valence-corrected chi connectivity index (χ2v) is 2.22. The summed E-state index contributed by atoms with van der Waals surface area (Å²) in [7, 11) is -1.50. The fourth-order valence-corrected chi connectivity index (χ4v) is 0. The van der Waals surface area contributed by atoms with Crippen molar-refractivity contribution in [3.63, 3.8) is 0 Å². The SMILES string of the molecule is NN=[P+](O)S.[Ag]. The standard InChI is InChI=1S/Ag.H4N2OPS/c;1-2-4(3)5/h;1H2,(H2,2,3,5)/q;+1. The third kappa shape index (κ3) is 8.92. The van der Waals surface area contributed by atoms with Crippen molar-refractivity contribution in [1.29, 1.82) is 0 Å². The van der Waals surface area contributed by atoms with Gasteiger partial charge >= 0.3 is 7.14 Å². The first-order chi connectivity index (χ1) is 2.27. The predicted molar refractivity (Wildman–Crippen MR) is 24.7 cm³/mol. The number of hydrogen-bond acceptors (Lipinski definition) is 1. The molecule has 0 aliphatic carbocycles. The Kier molecular flexibility index (Phi) is 10.4. The van der Waals surface area contributed by atoms with Gasteiger partial charge in [0.2, 0.25) is 0 Å². The maximum Gasteiger partial charge on any atom is 0.459 e. The van der Waals surface area contributed by atoms with E-state index >= 15 is 0 Å². The fourth-order valence-electron chi connectivity index (χ4n) is 0. The Morgan fingerprint density at radius 1 is 1.83 bits per heavy atom. The molecular formula is H4AgN2OPS+. The Balaban J connectivity index is 0. The van der Waals surface area contributed by atoms with Gasteiger partial charge in [-0.1, -0.05) is 0 Å². The summed E-state index contributed by atoms with van der Waals surface area (Å²) in [6.07, 6.45) is 0. The molecule has 0 amide bonds. The molecule has 0 saturated heterocycles. The summed E-state index contributed by atoms with van der Waals surface area (Å²) in [5.74, 6) is 4.50. The summed E-state index contributed by atoms with van der Waals surface area (Å²) in [4.78, 5) is 10.9. The second-order valence-electron chi connectivity index (χ2n) is 0.384. The van der Waals surface area contributed by atoms with E-state index in [4.69, 9.17) is 4.89 Å². The Bertz CT molecular complexity index is 51.5. The van der Waals surface area contributed by atoms with Gasteiger partial charge < -0.3 is 0 Å². The maximum atomic E-state index is 8.00. The molecule has 0 aliphatic heterocycles. The van der Waals surface area contributed by atoms with E-state index in [2.05, 4.69) is 22.9 Å². The molecule has 3 N–H and O–H groups in total. The topological polar surface area (TPSA) is 58.6 Å². The third-order valence-electron chi connectivity index (χ3n) is 0.103. The molecule has 6 heteroatoms. The van der Waals surface area contributed by atoms with Crippen LogP contribution in [0.3, 0.4) is 0 Å². The van der Waals surface area contributed by atoms with Crippen LogP contribution in [0.1, 0.15) is 0 Å². The van der Waals surface area contributed by atoms with Crippen molar-refractivity contribution in [2.45, 2.75) is 0 Å². The van der Waals surface area contributed by atoms with Crippen LogP contribution in [0.5, 0.6) is 0 Å². The molecule has 0 aromatic carbocycles. The molecule has 0 fully saturated rings. The summed E-state index contributed by atoms with van der Waals surface area (Å²) >= 11 is 3.43. The largest absolute Gasteiger partial charge is 0.459 e. The Morgan fingerprint density at radius 2 is 2.00 bits per heavy atom. The van der Waals surface area contributed by atoms with Crippen LogP contribution in [0.4, 0.5) is 0 Å². The first-order valence-corrected chi connectivity index (χ1v) is 3.26. The number of hydrogen-bond donors (Lipinski definition) is 3. The van der Waals surface area contributed by atoms with Gasteiger partial charge in [0.15, 0.2) is 0 Å². The first-order valence-electron chi connectivity index (χ1n) is 0.858. The van der Waals surface area contributed by atoms with E-state index in [9.17, 15) is 0 Å². The Morgan fingerprint density at radius 3 is 2.00 bits per heavy atom. The van der Waals surface area contributed by atoms with Crippen molar-refractivity contribution in [3.05, 3.63) is 0 Å². The van der Waals surface area contributed by atoms with Gasteiger partial charge in [0.25, 0.3) is 0 Å². The van der Waals surface area contributed by atoms with E-state index in [-0.39, 0.29) is 22.4 Å². The zero-order valence-corrected chi connectivity index (χ0v) is 5.94. The number of rotatable bonds is 0. The van der Waals surface area contributed by atoms with Gasteiger partial charge in [-0.05, 0) is 0 Å². The van der Waals surface area contributed by atoms with Gasteiger partial charge in [-0.25, -0.2) is 0 Å². The average molecular weight is 219 g/mol. The predicted octanol–water partition coefficient (Wildman–Crippen LogP) is 0.275. The van der Waals surface area contributed by atoms with Crippen molar-refractivity contribution >= 4 is 19.4 Å². The van der Waals surface area contributed by atoms with Crippen molar-refractivity contribution < 1.29 is 27.3 Å². The molecule has 0 spiro atoms. The monoisotopic (exact) mass is 218 g/mol. The quantitative estimate of drug-likeness (QED) is 0.180. The summed E-state index contributed by atoms with van der Waals surface area (Å²) < 4.78 is 0. The molecule has 0 aliphatic rings. The normalized spacial score (nSPS) is 10.2. The van der Waals surface area contributed by atoms with E-state index < -0.39 is 7.14 Å². The van der Waals surface area contributed by atoms with Crippen molar-refractivity contribution in [3.8, 4) is 0 Å². The van der Waals surface area contributed by atoms with E-state index in [0.29, 0.717) is 0 Å². The van der Waals surface area contributed by atoms with E-state index in [1.807, 2.05) is 0 Å². The van der Waals surface area contributed by atoms with Crippen LogP contribution in [0.15, 0.2) is 4.85 Å². The molecule has 0 aromatic heterocycles. The minimum atomic E-state index is -1.50. The molecule has 6 heavy (non-hydrogen) atoms. The average Bonchev–Trinajstić information content (AvgIpc) is 1.38. The van der Waals surface area contributed by atoms with Crippen molar-refractivity contribution in [1.82, 2.24) is 0 Å². The van der Waals surface area contributed by atoms with Crippen LogP contribution in [0, 0.1) is 0 Å². The molecule has 41 valence electrons. The van der Waals surface area contributed by atoms with Gasteiger partial charge in [0.1, 0.15) is 12.2 Å². The molecule has 0 heterocycles. The maximum absolute atomic E-state index is 8.00. The van der Waals surface area contributed by atoms with Gasteiger partial charge in [-0.2, -0.15) is 10.7 Å². The van der Waals surface area contributed by atoms with Crippen LogP contribution < -0.4 is 5.84 Å². The number of nitrogens with zero attached hydrogens (tertiary/aromatic N) is 1. The fraction of sp³-hybridized carbons (Fsp3) is 0. The summed E-state index contributed by atoms with van der Waals surface area (Å²) in [6.45, 7) is 0. The smallest absolute Gasteiger partial charge is 0.185 e. The van der Waals surface area contributed by atoms with E-state index in [1.54, 1.807) is 0 Å². The summed E-state index contributed by atoms with van der Waals surface area (Å²) in [5, 5.41) is 0. The Hall–Kier alpha value is 1.11. The second kappa shape index (κ2) is 6.11. The minimum absolute atomic E-state index is 0. The van der Waals surface area contributed by atoms with Crippen LogP contribution in [-0.4, -0.2) is 4.89 Å². The molecule has 3 nitrogen and oxygen atoms in total. The molecular weight excluding hydrogens is 215 g/mol. The van der Waals surface area contributed by atoms with E-state index in [1.165, 1.54) is 0 Å². The van der Waals surface area contributed by atoms with Gasteiger partial charge in [0.05, 0.1) is 0 Å². The molecule has 0 aromatic rings. The first kappa shape index (κ1) is 10.2. The van der Waals surface area contributed by atoms with E-state index in [0.717, 1.165) is 0 Å². The van der Waals surface area contributed by atoms with Crippen molar-refractivity contribution in [2.24, 2.45) is 10.7 Å². The minimum Gasteiger partial charge on any atom is -0.185 e. The van der Waals surface area contributed by atoms with Crippen LogP contribution in [0.2, 0.25) is 0 Å². The van der Waals surface area contributed by atoms with Crippen LogP contribution in [0.25, 0.3) is 0 Å². The zero-order valence-electron chi connectivity index (χ0n) is 2.67. The summed E-state index contributed by atoms with van der Waals surface area (Å²) in [5.41, 5.74) is 0. The third-order valence-corrected chi connectivity index (χ3v) is 0.620. The summed E-state index contributed by atoms with van der Waals surface area (Å²) in [6, 6.07) is 0. The number of thiol groups is 1. The molecule has 1 unspecified atom stereocenters. The molecule has 0 rings (SSSR count). The molecule has 0 saturated carbocycles.